The summed E-state index contributed by atoms with van der Waals surface area (Å²) >= 11 is 0. The molecular weight excluding hydrogens is 272 g/mol. The quantitative estimate of drug-likeness (QED) is 0.783. The highest BCUT2D eigenvalue weighted by atomic mass is 16.2. The molecule has 1 aromatic heterocycles. The van der Waals surface area contributed by atoms with Crippen LogP contribution < -0.4 is 11.1 Å². The highest BCUT2D eigenvalue weighted by Crippen LogP contribution is 2.18. The molecule has 0 saturated carbocycles. The first-order chi connectivity index (χ1) is 10.1. The summed E-state index contributed by atoms with van der Waals surface area (Å²) in [4.78, 5) is 27.6. The molecule has 8 heteroatoms. The van der Waals surface area contributed by atoms with Gasteiger partial charge in [0.25, 0.3) is 0 Å². The summed E-state index contributed by atoms with van der Waals surface area (Å²) in [5.41, 5.74) is 5.53. The van der Waals surface area contributed by atoms with Crippen LogP contribution in [0.4, 0.5) is 10.6 Å². The van der Waals surface area contributed by atoms with E-state index < -0.39 is 0 Å². The molecule has 2 saturated heterocycles. The van der Waals surface area contributed by atoms with Gasteiger partial charge in [0.2, 0.25) is 5.91 Å². The van der Waals surface area contributed by atoms with Crippen molar-refractivity contribution in [1.29, 1.82) is 0 Å². The van der Waals surface area contributed by atoms with Gasteiger partial charge in [0.05, 0.1) is 0 Å². The Bertz CT molecular complexity index is 535. The maximum Gasteiger partial charge on any atom is 0.317 e. The van der Waals surface area contributed by atoms with Crippen LogP contribution in [-0.4, -0.2) is 63.7 Å². The van der Waals surface area contributed by atoms with E-state index in [1.165, 1.54) is 0 Å². The largest absolute Gasteiger partial charge is 0.382 e. The normalized spacial score (nSPS) is 19.9. The van der Waals surface area contributed by atoms with Crippen LogP contribution in [0, 0.1) is 0 Å². The number of nitrogens with zero attached hydrogens (tertiary/aromatic N) is 4. The molecule has 2 aliphatic rings. The summed E-state index contributed by atoms with van der Waals surface area (Å²) in [6.45, 7) is 3.07. The minimum absolute atomic E-state index is 0.0202. The zero-order chi connectivity index (χ0) is 14.8. The predicted octanol–water partition coefficient (Wildman–Crippen LogP) is -0.518. The first kappa shape index (κ1) is 13.7. The first-order valence-electron chi connectivity index (χ1n) is 7.24. The fraction of sp³-hybridized carbons (Fsp3) is 0.615. The molecule has 0 aromatic carbocycles. The zero-order valence-corrected chi connectivity index (χ0v) is 11.9. The average Bonchev–Trinajstić information content (AvgIpc) is 3.08. The summed E-state index contributed by atoms with van der Waals surface area (Å²) in [5.74, 6) is 0.462. The molecule has 3 amide bonds. The van der Waals surface area contributed by atoms with E-state index in [1.54, 1.807) is 16.9 Å². The van der Waals surface area contributed by atoms with Crippen LogP contribution in [0.2, 0.25) is 0 Å². The summed E-state index contributed by atoms with van der Waals surface area (Å²) in [7, 11) is 0. The number of hydrogen-bond donors (Lipinski definition) is 2. The fourth-order valence-electron chi connectivity index (χ4n) is 2.97. The van der Waals surface area contributed by atoms with Gasteiger partial charge in [-0.3, -0.25) is 9.48 Å². The molecule has 2 fully saturated rings. The predicted molar refractivity (Wildman–Crippen MR) is 76.3 cm³/mol. The fourth-order valence-corrected chi connectivity index (χ4v) is 2.97. The second kappa shape index (κ2) is 5.63. The lowest BCUT2D eigenvalue weighted by molar-refractivity contribution is -0.133. The average molecular weight is 292 g/mol. The maximum absolute atomic E-state index is 12.2. The molecule has 0 bridgehead atoms. The summed E-state index contributed by atoms with van der Waals surface area (Å²) in [6.07, 6.45) is 3.37. The molecule has 3 N–H and O–H groups in total. The van der Waals surface area contributed by atoms with Gasteiger partial charge < -0.3 is 20.9 Å². The number of nitrogens with one attached hydrogen (secondary N) is 1. The summed E-state index contributed by atoms with van der Waals surface area (Å²) < 4.78 is 1.55. The topological polar surface area (TPSA) is 96.5 Å². The molecule has 1 aromatic rings. The molecule has 21 heavy (non-hydrogen) atoms. The van der Waals surface area contributed by atoms with E-state index in [1.807, 2.05) is 9.80 Å². The van der Waals surface area contributed by atoms with E-state index in [2.05, 4.69) is 10.4 Å². The van der Waals surface area contributed by atoms with E-state index >= 15 is 0 Å². The van der Waals surface area contributed by atoms with E-state index in [4.69, 9.17) is 5.73 Å². The molecule has 0 spiro atoms. The summed E-state index contributed by atoms with van der Waals surface area (Å²) in [5, 5.41) is 6.84. The molecule has 8 nitrogen and oxygen atoms in total. The van der Waals surface area contributed by atoms with Crippen molar-refractivity contribution in [3.8, 4) is 0 Å². The minimum atomic E-state index is 0.0202. The number of nitrogen functional groups attached to an aromatic ring is 1. The smallest absolute Gasteiger partial charge is 0.317 e. The van der Waals surface area contributed by atoms with Crippen molar-refractivity contribution >= 4 is 17.8 Å². The standard InChI is InChI=1S/C13H20N6O2/c14-11-3-7-18(16-11)9-12(20)17-5-1-10(2-6-17)19-8-4-15-13(19)21/h3,7,10H,1-2,4-6,8-9H2,(H2,14,16)(H,15,21). The molecule has 3 heterocycles. The number of nitrogens with two attached hydrogens (primary N) is 1. The van der Waals surface area contributed by atoms with E-state index in [0.717, 1.165) is 25.9 Å². The number of carbonyl (C=O) groups excluding carboxylic acids is 2. The third kappa shape index (κ3) is 2.93. The van der Waals surface area contributed by atoms with E-state index in [-0.39, 0.29) is 24.5 Å². The molecule has 2 aliphatic heterocycles. The third-order valence-corrected chi connectivity index (χ3v) is 4.11. The van der Waals surface area contributed by atoms with Gasteiger partial charge in [0, 0.05) is 38.4 Å². The molecule has 114 valence electrons. The number of rotatable bonds is 3. The van der Waals surface area contributed by atoms with Crippen molar-refractivity contribution in [3.63, 3.8) is 0 Å². The third-order valence-electron chi connectivity index (χ3n) is 4.11. The number of likely N-dealkylation sites (tertiary alicyclic amines) is 1. The van der Waals surface area contributed by atoms with Crippen LogP contribution in [0.3, 0.4) is 0 Å². The zero-order valence-electron chi connectivity index (χ0n) is 11.9. The number of aromatic nitrogens is 2. The maximum atomic E-state index is 12.2. The highest BCUT2D eigenvalue weighted by Gasteiger charge is 2.31. The Hall–Kier alpha value is -2.25. The molecule has 0 radical (unpaired) electrons. The Balaban J connectivity index is 1.51. The number of carbonyl (C=O) groups is 2. The van der Waals surface area contributed by atoms with Crippen LogP contribution in [0.15, 0.2) is 12.3 Å². The van der Waals surface area contributed by atoms with Crippen LogP contribution in [0.25, 0.3) is 0 Å². The van der Waals surface area contributed by atoms with Gasteiger partial charge in [-0.2, -0.15) is 5.10 Å². The molecule has 3 rings (SSSR count). The van der Waals surface area contributed by atoms with Crippen molar-refractivity contribution in [2.75, 3.05) is 31.9 Å². The van der Waals surface area contributed by atoms with Crippen molar-refractivity contribution in [2.45, 2.75) is 25.4 Å². The van der Waals surface area contributed by atoms with Gasteiger partial charge in [0.15, 0.2) is 0 Å². The van der Waals surface area contributed by atoms with E-state index in [0.29, 0.717) is 18.9 Å². The van der Waals surface area contributed by atoms with Gasteiger partial charge in [-0.05, 0) is 18.9 Å². The lowest BCUT2D eigenvalue weighted by Crippen LogP contribution is -2.48. The van der Waals surface area contributed by atoms with Crippen LogP contribution in [0.5, 0.6) is 0 Å². The van der Waals surface area contributed by atoms with Crippen LogP contribution in [-0.2, 0) is 11.3 Å². The Morgan fingerprint density at radius 2 is 2.14 bits per heavy atom. The SMILES string of the molecule is Nc1ccn(CC(=O)N2CCC(N3CCNC3=O)CC2)n1. The number of urea groups is 1. The Kier molecular flexibility index (Phi) is 3.68. The number of amides is 3. The molecule has 0 atom stereocenters. The Labute approximate surface area is 122 Å². The highest BCUT2D eigenvalue weighted by molar-refractivity contribution is 5.77. The lowest BCUT2D eigenvalue weighted by Gasteiger charge is -2.36. The van der Waals surface area contributed by atoms with Crippen molar-refractivity contribution in [2.24, 2.45) is 0 Å². The van der Waals surface area contributed by atoms with Gasteiger partial charge in [-0.25, -0.2) is 4.79 Å². The monoisotopic (exact) mass is 292 g/mol. The molecule has 0 aliphatic carbocycles. The Morgan fingerprint density at radius 1 is 1.38 bits per heavy atom. The summed E-state index contributed by atoms with van der Waals surface area (Å²) in [6, 6.07) is 1.94. The second-order valence-corrected chi connectivity index (χ2v) is 5.48. The number of piperidine rings is 1. The van der Waals surface area contributed by atoms with Gasteiger partial charge in [-0.15, -0.1) is 0 Å². The van der Waals surface area contributed by atoms with Gasteiger partial charge in [-0.1, -0.05) is 0 Å². The molecular formula is C13H20N6O2. The minimum Gasteiger partial charge on any atom is -0.382 e. The van der Waals surface area contributed by atoms with Crippen LogP contribution >= 0.6 is 0 Å². The lowest BCUT2D eigenvalue weighted by atomic mass is 10.0. The van der Waals surface area contributed by atoms with Crippen molar-refractivity contribution in [1.82, 2.24) is 24.9 Å². The van der Waals surface area contributed by atoms with Gasteiger partial charge in [0.1, 0.15) is 12.4 Å². The van der Waals surface area contributed by atoms with E-state index in [9.17, 15) is 9.59 Å². The Morgan fingerprint density at radius 3 is 2.71 bits per heavy atom. The number of hydrogen-bond acceptors (Lipinski definition) is 4. The second-order valence-electron chi connectivity index (χ2n) is 5.48. The van der Waals surface area contributed by atoms with Gasteiger partial charge >= 0.3 is 6.03 Å². The van der Waals surface area contributed by atoms with Crippen LogP contribution in [0.1, 0.15) is 12.8 Å². The van der Waals surface area contributed by atoms with Crippen molar-refractivity contribution < 1.29 is 9.59 Å². The molecule has 0 unspecified atom stereocenters. The number of anilines is 1. The van der Waals surface area contributed by atoms with Crippen molar-refractivity contribution in [3.05, 3.63) is 12.3 Å². The first-order valence-corrected chi connectivity index (χ1v) is 7.24.